The number of likely N-dealkylation sites (tertiary alicyclic amines) is 1. The molecular formula is C20H19ClN2O2. The molecule has 2 aliphatic heterocycles. The van der Waals surface area contributed by atoms with Crippen LogP contribution in [0.4, 0.5) is 5.69 Å². The summed E-state index contributed by atoms with van der Waals surface area (Å²) in [4.78, 5) is 28.9. The van der Waals surface area contributed by atoms with Crippen LogP contribution in [0.2, 0.25) is 5.02 Å². The molecule has 1 unspecified atom stereocenters. The molecule has 1 atom stereocenters. The van der Waals surface area contributed by atoms with Gasteiger partial charge in [0, 0.05) is 36.8 Å². The zero-order valence-corrected chi connectivity index (χ0v) is 14.6. The van der Waals surface area contributed by atoms with Crippen molar-refractivity contribution in [1.82, 2.24) is 4.90 Å². The van der Waals surface area contributed by atoms with Gasteiger partial charge >= 0.3 is 0 Å². The van der Waals surface area contributed by atoms with Gasteiger partial charge in [-0.25, -0.2) is 0 Å². The molecule has 5 heteroatoms. The lowest BCUT2D eigenvalue weighted by Crippen LogP contribution is -2.36. The van der Waals surface area contributed by atoms with E-state index in [0.29, 0.717) is 24.7 Å². The lowest BCUT2D eigenvalue weighted by molar-refractivity contribution is -0.128. The minimum absolute atomic E-state index is 0.0192. The Balaban J connectivity index is 1.47. The third kappa shape index (κ3) is 3.02. The van der Waals surface area contributed by atoms with Crippen molar-refractivity contribution in [2.45, 2.75) is 19.4 Å². The number of amides is 2. The summed E-state index contributed by atoms with van der Waals surface area (Å²) in [6, 6.07) is 15.5. The first kappa shape index (κ1) is 16.2. The molecule has 0 saturated carbocycles. The molecule has 25 heavy (non-hydrogen) atoms. The molecule has 0 N–H and O–H groups in total. The van der Waals surface area contributed by atoms with Crippen LogP contribution in [0.1, 0.15) is 17.5 Å². The fourth-order valence-corrected chi connectivity index (χ4v) is 3.91. The second-order valence-electron chi connectivity index (χ2n) is 6.64. The van der Waals surface area contributed by atoms with Crippen LogP contribution >= 0.6 is 11.6 Å². The van der Waals surface area contributed by atoms with Crippen LogP contribution in [0.15, 0.2) is 48.5 Å². The van der Waals surface area contributed by atoms with Crippen LogP contribution in [0.5, 0.6) is 0 Å². The van der Waals surface area contributed by atoms with Crippen molar-refractivity contribution in [1.29, 1.82) is 0 Å². The van der Waals surface area contributed by atoms with Crippen LogP contribution < -0.4 is 4.90 Å². The Hall–Kier alpha value is -2.33. The molecule has 0 spiro atoms. The van der Waals surface area contributed by atoms with Gasteiger partial charge in [0.05, 0.1) is 5.92 Å². The first-order valence-electron chi connectivity index (χ1n) is 8.54. The number of hydrogen-bond donors (Lipinski definition) is 0. The van der Waals surface area contributed by atoms with Gasteiger partial charge in [-0.1, -0.05) is 48.0 Å². The van der Waals surface area contributed by atoms with E-state index in [4.69, 9.17) is 11.6 Å². The second kappa shape index (κ2) is 6.52. The summed E-state index contributed by atoms with van der Waals surface area (Å²) in [6.07, 6.45) is 1.16. The van der Waals surface area contributed by atoms with Gasteiger partial charge < -0.3 is 9.80 Å². The van der Waals surface area contributed by atoms with Crippen LogP contribution in [-0.4, -0.2) is 29.8 Å². The van der Waals surface area contributed by atoms with E-state index in [2.05, 4.69) is 6.07 Å². The van der Waals surface area contributed by atoms with Crippen molar-refractivity contribution in [3.63, 3.8) is 0 Å². The van der Waals surface area contributed by atoms with Crippen molar-refractivity contribution in [2.75, 3.05) is 18.0 Å². The second-order valence-corrected chi connectivity index (χ2v) is 7.04. The summed E-state index contributed by atoms with van der Waals surface area (Å²) in [7, 11) is 0. The molecule has 0 radical (unpaired) electrons. The van der Waals surface area contributed by atoms with Crippen molar-refractivity contribution < 1.29 is 9.59 Å². The fraction of sp³-hybridized carbons (Fsp3) is 0.300. The summed E-state index contributed by atoms with van der Waals surface area (Å²) in [5.74, 6) is -0.202. The Morgan fingerprint density at radius 3 is 2.72 bits per heavy atom. The molecule has 1 saturated heterocycles. The Labute approximate surface area is 152 Å². The topological polar surface area (TPSA) is 40.6 Å². The molecule has 0 aliphatic carbocycles. The number of hydrogen-bond acceptors (Lipinski definition) is 2. The highest BCUT2D eigenvalue weighted by molar-refractivity contribution is 6.31. The standard InChI is InChI=1S/C20H19ClN2O2/c21-17-7-3-1-6-15(17)12-22-13-16(11-19(22)24)20(25)23-10-9-14-5-2-4-8-18(14)23/h1-8,16H,9-13H2. The Bertz CT molecular complexity index is 836. The first-order valence-corrected chi connectivity index (χ1v) is 8.92. The third-order valence-electron chi connectivity index (χ3n) is 5.04. The molecule has 2 aromatic carbocycles. The summed E-state index contributed by atoms with van der Waals surface area (Å²) in [6.45, 7) is 1.62. The lowest BCUT2D eigenvalue weighted by atomic mass is 10.1. The highest BCUT2D eigenvalue weighted by Crippen LogP contribution is 2.31. The zero-order valence-electron chi connectivity index (χ0n) is 13.8. The summed E-state index contributed by atoms with van der Waals surface area (Å²) in [5.41, 5.74) is 3.11. The van der Waals surface area contributed by atoms with Crippen molar-refractivity contribution in [3.05, 3.63) is 64.7 Å². The monoisotopic (exact) mass is 354 g/mol. The maximum absolute atomic E-state index is 12.9. The Morgan fingerprint density at radius 2 is 1.88 bits per heavy atom. The number of carbonyl (C=O) groups excluding carboxylic acids is 2. The number of benzene rings is 2. The molecule has 0 bridgehead atoms. The summed E-state index contributed by atoms with van der Waals surface area (Å²) < 4.78 is 0. The molecular weight excluding hydrogens is 336 g/mol. The number of carbonyl (C=O) groups is 2. The van der Waals surface area contributed by atoms with Gasteiger partial charge in [0.15, 0.2) is 0 Å². The minimum atomic E-state index is -0.277. The van der Waals surface area contributed by atoms with Crippen molar-refractivity contribution in [3.8, 4) is 0 Å². The van der Waals surface area contributed by atoms with Crippen molar-refractivity contribution >= 4 is 29.1 Å². The van der Waals surface area contributed by atoms with Crippen LogP contribution in [0.3, 0.4) is 0 Å². The van der Waals surface area contributed by atoms with Gasteiger partial charge in [0.25, 0.3) is 0 Å². The number of rotatable bonds is 3. The largest absolute Gasteiger partial charge is 0.337 e. The highest BCUT2D eigenvalue weighted by atomic mass is 35.5. The van der Waals surface area contributed by atoms with E-state index >= 15 is 0 Å². The average molecular weight is 355 g/mol. The molecule has 1 fully saturated rings. The van der Waals surface area contributed by atoms with Gasteiger partial charge in [-0.2, -0.15) is 0 Å². The summed E-state index contributed by atoms with van der Waals surface area (Å²) >= 11 is 6.20. The summed E-state index contributed by atoms with van der Waals surface area (Å²) in [5, 5.41) is 0.651. The van der Waals surface area contributed by atoms with Crippen LogP contribution in [-0.2, 0) is 22.6 Å². The molecule has 4 rings (SSSR count). The molecule has 2 heterocycles. The predicted octanol–water partition coefficient (Wildman–Crippen LogP) is 3.28. The van der Waals surface area contributed by atoms with Crippen LogP contribution in [0.25, 0.3) is 0 Å². The molecule has 0 aromatic heterocycles. The predicted molar refractivity (Wildman–Crippen MR) is 97.5 cm³/mol. The number of nitrogens with zero attached hydrogens (tertiary/aromatic N) is 2. The van der Waals surface area contributed by atoms with Crippen molar-refractivity contribution in [2.24, 2.45) is 5.92 Å². The number of fused-ring (bicyclic) bond motifs is 1. The smallest absolute Gasteiger partial charge is 0.232 e. The number of halogens is 1. The molecule has 2 aromatic rings. The Kier molecular flexibility index (Phi) is 4.22. The molecule has 128 valence electrons. The number of para-hydroxylation sites is 1. The third-order valence-corrected chi connectivity index (χ3v) is 5.40. The molecule has 2 aliphatic rings. The SMILES string of the molecule is O=C1CC(C(=O)N2CCc3ccccc32)CN1Cc1ccccc1Cl. The minimum Gasteiger partial charge on any atom is -0.337 e. The normalized spacial score (nSPS) is 19.4. The van der Waals surface area contributed by atoms with Crippen LogP contribution in [0, 0.1) is 5.92 Å². The van der Waals surface area contributed by atoms with Gasteiger partial charge in [0.1, 0.15) is 0 Å². The molecule has 4 nitrogen and oxygen atoms in total. The van der Waals surface area contributed by atoms with E-state index in [1.807, 2.05) is 47.4 Å². The van der Waals surface area contributed by atoms with Gasteiger partial charge in [0.2, 0.25) is 11.8 Å². The van der Waals surface area contributed by atoms with Gasteiger partial charge in [-0.15, -0.1) is 0 Å². The van der Waals surface area contributed by atoms with E-state index in [9.17, 15) is 9.59 Å². The zero-order chi connectivity index (χ0) is 17.4. The fourth-order valence-electron chi connectivity index (χ4n) is 3.71. The highest BCUT2D eigenvalue weighted by Gasteiger charge is 2.38. The first-order chi connectivity index (χ1) is 12.1. The van der Waals surface area contributed by atoms with Gasteiger partial charge in [-0.3, -0.25) is 9.59 Å². The Morgan fingerprint density at radius 1 is 1.12 bits per heavy atom. The van der Waals surface area contributed by atoms with E-state index < -0.39 is 0 Å². The maximum Gasteiger partial charge on any atom is 0.232 e. The van der Waals surface area contributed by atoms with E-state index in [0.717, 1.165) is 17.7 Å². The maximum atomic E-state index is 12.9. The van der Waals surface area contributed by atoms with E-state index in [1.54, 1.807) is 4.90 Å². The number of anilines is 1. The lowest BCUT2D eigenvalue weighted by Gasteiger charge is -2.22. The average Bonchev–Trinajstić information content (AvgIpc) is 3.20. The van der Waals surface area contributed by atoms with Gasteiger partial charge in [-0.05, 0) is 29.7 Å². The van der Waals surface area contributed by atoms with E-state index in [1.165, 1.54) is 5.56 Å². The quantitative estimate of drug-likeness (QED) is 0.848. The van der Waals surface area contributed by atoms with E-state index in [-0.39, 0.29) is 24.2 Å². The molecule has 2 amide bonds.